The Labute approximate surface area is 175 Å². The van der Waals surface area contributed by atoms with Crippen molar-refractivity contribution in [3.8, 4) is 0 Å². The topological polar surface area (TPSA) is 88.9 Å². The zero-order chi connectivity index (χ0) is 22.4. The molecule has 3 rings (SSSR count). The van der Waals surface area contributed by atoms with Crippen LogP contribution in [0, 0.1) is 0 Å². The van der Waals surface area contributed by atoms with Gasteiger partial charge in [-0.3, -0.25) is 9.59 Å². The number of halogens is 3. The summed E-state index contributed by atoms with van der Waals surface area (Å²) in [5, 5.41) is 12.3. The largest absolute Gasteiger partial charge is 0.418 e. The molecule has 7 nitrogen and oxygen atoms in total. The Balaban J connectivity index is 1.69. The number of amides is 2. The summed E-state index contributed by atoms with van der Waals surface area (Å²) in [7, 11) is 0. The van der Waals surface area contributed by atoms with E-state index in [1.54, 1.807) is 10.9 Å². The van der Waals surface area contributed by atoms with Gasteiger partial charge in [-0.2, -0.15) is 13.2 Å². The number of anilines is 2. The third-order valence-corrected chi connectivity index (χ3v) is 4.05. The van der Waals surface area contributed by atoms with Crippen LogP contribution >= 0.6 is 0 Å². The van der Waals surface area contributed by atoms with Crippen LogP contribution in [0.15, 0.2) is 60.8 Å². The Bertz CT molecular complexity index is 1110. The van der Waals surface area contributed by atoms with Crippen molar-refractivity contribution >= 4 is 29.3 Å². The fourth-order valence-corrected chi connectivity index (χ4v) is 2.74. The van der Waals surface area contributed by atoms with Crippen LogP contribution in [0.25, 0.3) is 6.08 Å². The molecular weight excluding hydrogens is 411 g/mol. The molecule has 0 saturated heterocycles. The van der Waals surface area contributed by atoms with Crippen molar-refractivity contribution in [2.75, 3.05) is 10.6 Å². The molecule has 0 aliphatic heterocycles. The lowest BCUT2D eigenvalue weighted by Gasteiger charge is -2.15. The molecule has 0 spiro atoms. The van der Waals surface area contributed by atoms with Crippen molar-refractivity contribution < 1.29 is 22.8 Å². The highest BCUT2D eigenvalue weighted by atomic mass is 19.4. The second kappa shape index (κ2) is 9.24. The molecule has 0 radical (unpaired) electrons. The highest BCUT2D eigenvalue weighted by Gasteiger charge is 2.34. The summed E-state index contributed by atoms with van der Waals surface area (Å²) < 4.78 is 41.6. The molecule has 0 aliphatic rings. The SMILES string of the molecule is CC(=O)Nc1ccc(NC(=O)/C=C/c2cn(Cc3ccccc3)nn2)c(C(F)(F)F)c1. The van der Waals surface area contributed by atoms with Crippen LogP contribution in [0.4, 0.5) is 24.5 Å². The van der Waals surface area contributed by atoms with Gasteiger partial charge in [-0.15, -0.1) is 5.10 Å². The molecule has 0 fully saturated rings. The summed E-state index contributed by atoms with van der Waals surface area (Å²) in [4.78, 5) is 23.2. The number of benzene rings is 2. The van der Waals surface area contributed by atoms with Crippen LogP contribution in [0.3, 0.4) is 0 Å². The van der Waals surface area contributed by atoms with Gasteiger partial charge in [0.2, 0.25) is 11.8 Å². The molecule has 0 saturated carbocycles. The first-order valence-corrected chi connectivity index (χ1v) is 9.12. The molecule has 0 aliphatic carbocycles. The summed E-state index contributed by atoms with van der Waals surface area (Å²) in [6.45, 7) is 1.67. The third kappa shape index (κ3) is 6.26. The molecule has 10 heteroatoms. The Kier molecular flexibility index (Phi) is 6.49. The van der Waals surface area contributed by atoms with Crippen molar-refractivity contribution in [2.24, 2.45) is 0 Å². The predicted molar refractivity (Wildman–Crippen MR) is 109 cm³/mol. The molecule has 2 amide bonds. The van der Waals surface area contributed by atoms with Crippen molar-refractivity contribution in [1.82, 2.24) is 15.0 Å². The summed E-state index contributed by atoms with van der Waals surface area (Å²) >= 11 is 0. The monoisotopic (exact) mass is 429 g/mol. The smallest absolute Gasteiger partial charge is 0.326 e. The number of hydrogen-bond donors (Lipinski definition) is 2. The van der Waals surface area contributed by atoms with Gasteiger partial charge in [0, 0.05) is 18.7 Å². The van der Waals surface area contributed by atoms with Gasteiger partial charge >= 0.3 is 6.18 Å². The molecule has 3 aromatic rings. The number of carbonyl (C=O) groups is 2. The zero-order valence-electron chi connectivity index (χ0n) is 16.3. The first-order chi connectivity index (χ1) is 14.7. The Morgan fingerprint density at radius 2 is 1.84 bits per heavy atom. The molecule has 31 heavy (non-hydrogen) atoms. The van der Waals surface area contributed by atoms with E-state index in [9.17, 15) is 22.8 Å². The van der Waals surface area contributed by atoms with Crippen LogP contribution in [0.2, 0.25) is 0 Å². The maximum Gasteiger partial charge on any atom is 0.418 e. The van der Waals surface area contributed by atoms with Crippen molar-refractivity contribution in [2.45, 2.75) is 19.6 Å². The van der Waals surface area contributed by atoms with Crippen LogP contribution in [-0.2, 0) is 22.3 Å². The normalized spacial score (nSPS) is 11.5. The van der Waals surface area contributed by atoms with Gasteiger partial charge < -0.3 is 10.6 Å². The minimum absolute atomic E-state index is 0.0246. The van der Waals surface area contributed by atoms with E-state index < -0.39 is 29.2 Å². The van der Waals surface area contributed by atoms with Gasteiger partial charge in [-0.25, -0.2) is 4.68 Å². The standard InChI is InChI=1S/C21H18F3N5O2/c1-14(30)25-16-7-9-19(18(11-16)21(22,23)24)26-20(31)10-8-17-13-29(28-27-17)12-15-5-3-2-4-6-15/h2-11,13H,12H2,1H3,(H,25,30)(H,26,31)/b10-8+. The van der Waals surface area contributed by atoms with Gasteiger partial charge in [0.15, 0.2) is 0 Å². The average Bonchev–Trinajstić information content (AvgIpc) is 3.14. The molecule has 2 N–H and O–H groups in total. The Morgan fingerprint density at radius 3 is 2.52 bits per heavy atom. The van der Waals surface area contributed by atoms with E-state index in [0.717, 1.165) is 23.8 Å². The quantitative estimate of drug-likeness (QED) is 0.581. The predicted octanol–water partition coefficient (Wildman–Crippen LogP) is 3.96. The zero-order valence-corrected chi connectivity index (χ0v) is 16.3. The third-order valence-electron chi connectivity index (χ3n) is 4.05. The minimum Gasteiger partial charge on any atom is -0.326 e. The van der Waals surface area contributed by atoms with Gasteiger partial charge in [-0.05, 0) is 29.8 Å². The Morgan fingerprint density at radius 1 is 1.10 bits per heavy atom. The van der Waals surface area contributed by atoms with Crippen LogP contribution in [0.1, 0.15) is 23.7 Å². The van der Waals surface area contributed by atoms with Gasteiger partial charge in [0.05, 0.1) is 24.0 Å². The summed E-state index contributed by atoms with van der Waals surface area (Å²) in [6, 6.07) is 12.7. The molecule has 0 bridgehead atoms. The maximum atomic E-state index is 13.3. The summed E-state index contributed by atoms with van der Waals surface area (Å²) in [5.41, 5.74) is -0.132. The van der Waals surface area contributed by atoms with E-state index in [1.165, 1.54) is 19.1 Å². The van der Waals surface area contributed by atoms with Crippen molar-refractivity contribution in [3.05, 3.63) is 77.6 Å². The molecule has 1 aromatic heterocycles. The van der Waals surface area contributed by atoms with E-state index in [2.05, 4.69) is 20.9 Å². The van der Waals surface area contributed by atoms with E-state index in [4.69, 9.17) is 0 Å². The first kappa shape index (κ1) is 21.8. The van der Waals surface area contributed by atoms with E-state index in [0.29, 0.717) is 12.2 Å². The lowest BCUT2D eigenvalue weighted by molar-refractivity contribution is -0.137. The molecule has 160 valence electrons. The lowest BCUT2D eigenvalue weighted by Crippen LogP contribution is -2.16. The molecular formula is C21H18F3N5O2. The van der Waals surface area contributed by atoms with Crippen LogP contribution in [-0.4, -0.2) is 26.8 Å². The Hall–Kier alpha value is -3.95. The molecule has 2 aromatic carbocycles. The highest BCUT2D eigenvalue weighted by molar-refractivity contribution is 6.02. The van der Waals surface area contributed by atoms with Crippen LogP contribution in [0.5, 0.6) is 0 Å². The average molecular weight is 429 g/mol. The first-order valence-electron chi connectivity index (χ1n) is 9.12. The summed E-state index contributed by atoms with van der Waals surface area (Å²) in [6.07, 6.45) is -0.692. The fraction of sp³-hybridized carbons (Fsp3) is 0.143. The van der Waals surface area contributed by atoms with E-state index in [-0.39, 0.29) is 5.69 Å². The van der Waals surface area contributed by atoms with Gasteiger partial charge in [0.25, 0.3) is 0 Å². The van der Waals surface area contributed by atoms with Crippen molar-refractivity contribution in [3.63, 3.8) is 0 Å². The number of nitrogens with one attached hydrogen (secondary N) is 2. The highest BCUT2D eigenvalue weighted by Crippen LogP contribution is 2.36. The molecule has 0 unspecified atom stereocenters. The van der Waals surface area contributed by atoms with Gasteiger partial charge in [-0.1, -0.05) is 35.5 Å². The molecule has 0 atom stereocenters. The lowest BCUT2D eigenvalue weighted by atomic mass is 10.1. The van der Waals surface area contributed by atoms with Crippen molar-refractivity contribution in [1.29, 1.82) is 0 Å². The second-order valence-electron chi connectivity index (χ2n) is 6.59. The van der Waals surface area contributed by atoms with E-state index in [1.807, 2.05) is 30.3 Å². The summed E-state index contributed by atoms with van der Waals surface area (Å²) in [5.74, 6) is -1.27. The number of rotatable bonds is 6. The molecule has 1 heterocycles. The van der Waals surface area contributed by atoms with Gasteiger partial charge in [0.1, 0.15) is 5.69 Å². The number of carbonyl (C=O) groups excluding carboxylic acids is 2. The number of nitrogens with zero attached hydrogens (tertiary/aromatic N) is 3. The number of alkyl halides is 3. The van der Waals surface area contributed by atoms with E-state index >= 15 is 0 Å². The van der Waals surface area contributed by atoms with Crippen LogP contribution < -0.4 is 10.6 Å². The maximum absolute atomic E-state index is 13.3. The number of aromatic nitrogens is 3. The fourth-order valence-electron chi connectivity index (χ4n) is 2.74. The minimum atomic E-state index is -4.72. The number of hydrogen-bond acceptors (Lipinski definition) is 4. The second-order valence-corrected chi connectivity index (χ2v) is 6.59.